The summed E-state index contributed by atoms with van der Waals surface area (Å²) in [6.45, 7) is 2.70. The average molecular weight is 318 g/mol. The second-order valence-corrected chi connectivity index (χ2v) is 5.62. The molecule has 0 spiro atoms. The molecule has 2 unspecified atom stereocenters. The first-order valence-corrected chi connectivity index (χ1v) is 7.84. The molecule has 1 fully saturated rings. The summed E-state index contributed by atoms with van der Waals surface area (Å²) in [6, 6.07) is 6.65. The molecular formula is C17H22N2O4. The van der Waals surface area contributed by atoms with Crippen molar-refractivity contribution < 1.29 is 19.1 Å². The van der Waals surface area contributed by atoms with E-state index in [4.69, 9.17) is 4.74 Å². The molecule has 2 N–H and O–H groups in total. The molecule has 1 aliphatic carbocycles. The number of amides is 2. The minimum Gasteiger partial charge on any atom is -0.465 e. The smallest absolute Gasteiger partial charge is 0.339 e. The Kier molecular flexibility index (Phi) is 5.73. The van der Waals surface area contributed by atoms with Gasteiger partial charge in [-0.15, -0.1) is 0 Å². The van der Waals surface area contributed by atoms with E-state index in [-0.39, 0.29) is 23.7 Å². The number of carbonyl (C=O) groups is 3. The molecular weight excluding hydrogens is 296 g/mol. The summed E-state index contributed by atoms with van der Waals surface area (Å²) in [6.07, 6.45) is 2.49. The summed E-state index contributed by atoms with van der Waals surface area (Å²) in [4.78, 5) is 35.8. The number of benzene rings is 1. The highest BCUT2D eigenvalue weighted by Crippen LogP contribution is 2.39. The van der Waals surface area contributed by atoms with E-state index in [2.05, 4.69) is 17.6 Å². The van der Waals surface area contributed by atoms with Gasteiger partial charge in [-0.3, -0.25) is 9.59 Å². The molecule has 1 aromatic rings. The molecule has 124 valence electrons. The fourth-order valence-electron chi connectivity index (χ4n) is 2.40. The molecule has 2 rings (SSSR count). The number of unbranched alkanes of at least 4 members (excludes halogenated alkanes) is 1. The van der Waals surface area contributed by atoms with Gasteiger partial charge in [-0.1, -0.05) is 25.5 Å². The number of para-hydroxylation sites is 1. The number of hydrogen-bond donors (Lipinski definition) is 2. The first kappa shape index (κ1) is 17.0. The second-order valence-electron chi connectivity index (χ2n) is 5.62. The third-order valence-electron chi connectivity index (χ3n) is 3.88. The molecule has 1 aliphatic rings. The number of methoxy groups -OCH3 is 1. The maximum Gasteiger partial charge on any atom is 0.339 e. The number of anilines is 1. The van der Waals surface area contributed by atoms with Crippen LogP contribution in [0.1, 0.15) is 36.5 Å². The molecule has 0 aromatic heterocycles. The maximum absolute atomic E-state index is 12.2. The van der Waals surface area contributed by atoms with Crippen LogP contribution in [0, 0.1) is 11.8 Å². The van der Waals surface area contributed by atoms with Crippen molar-refractivity contribution in [3.8, 4) is 0 Å². The van der Waals surface area contributed by atoms with Gasteiger partial charge in [0.05, 0.1) is 30.2 Å². The number of esters is 1. The van der Waals surface area contributed by atoms with Crippen LogP contribution < -0.4 is 10.6 Å². The lowest BCUT2D eigenvalue weighted by atomic mass is 10.1. The Balaban J connectivity index is 1.92. The van der Waals surface area contributed by atoms with Gasteiger partial charge in [-0.25, -0.2) is 4.79 Å². The van der Waals surface area contributed by atoms with E-state index in [1.54, 1.807) is 24.3 Å². The lowest BCUT2D eigenvalue weighted by molar-refractivity contribution is -0.125. The number of carbonyl (C=O) groups excluding carboxylic acids is 3. The average Bonchev–Trinajstić information content (AvgIpc) is 3.35. The number of ether oxygens (including phenoxy) is 1. The van der Waals surface area contributed by atoms with Crippen LogP contribution in [0.25, 0.3) is 0 Å². The van der Waals surface area contributed by atoms with E-state index in [0.717, 1.165) is 12.8 Å². The Labute approximate surface area is 135 Å². The number of nitrogens with one attached hydrogen (secondary N) is 2. The third-order valence-corrected chi connectivity index (χ3v) is 3.88. The summed E-state index contributed by atoms with van der Waals surface area (Å²) in [7, 11) is 1.29. The largest absolute Gasteiger partial charge is 0.465 e. The Hall–Kier alpha value is -2.37. The van der Waals surface area contributed by atoms with Gasteiger partial charge in [0, 0.05) is 6.54 Å². The Morgan fingerprint density at radius 3 is 2.57 bits per heavy atom. The van der Waals surface area contributed by atoms with Crippen molar-refractivity contribution in [3.05, 3.63) is 29.8 Å². The number of rotatable bonds is 7. The summed E-state index contributed by atoms with van der Waals surface area (Å²) >= 11 is 0. The molecule has 0 saturated heterocycles. The van der Waals surface area contributed by atoms with Crippen molar-refractivity contribution in [1.29, 1.82) is 0 Å². The first-order chi connectivity index (χ1) is 11.1. The fourth-order valence-corrected chi connectivity index (χ4v) is 2.40. The highest BCUT2D eigenvalue weighted by Gasteiger charge is 2.48. The molecule has 1 aromatic carbocycles. The number of hydrogen-bond acceptors (Lipinski definition) is 4. The van der Waals surface area contributed by atoms with Crippen molar-refractivity contribution >= 4 is 23.5 Å². The lowest BCUT2D eigenvalue weighted by Gasteiger charge is -2.09. The Morgan fingerprint density at radius 1 is 1.17 bits per heavy atom. The van der Waals surface area contributed by atoms with Gasteiger partial charge < -0.3 is 15.4 Å². The SMILES string of the molecule is CCCCNC(=O)C1CC1C(=O)Nc1ccccc1C(=O)OC. The van der Waals surface area contributed by atoms with Gasteiger partial charge in [-0.2, -0.15) is 0 Å². The van der Waals surface area contributed by atoms with Gasteiger partial charge in [0.15, 0.2) is 0 Å². The molecule has 1 saturated carbocycles. The molecule has 23 heavy (non-hydrogen) atoms. The molecule has 0 bridgehead atoms. The maximum atomic E-state index is 12.2. The predicted octanol–water partition coefficient (Wildman–Crippen LogP) is 1.96. The zero-order valence-electron chi connectivity index (χ0n) is 13.4. The van der Waals surface area contributed by atoms with Crippen molar-refractivity contribution in [2.45, 2.75) is 26.2 Å². The van der Waals surface area contributed by atoms with Crippen molar-refractivity contribution in [3.63, 3.8) is 0 Å². The normalized spacial score (nSPS) is 18.9. The zero-order valence-corrected chi connectivity index (χ0v) is 13.4. The fraction of sp³-hybridized carbons (Fsp3) is 0.471. The van der Waals surface area contributed by atoms with Crippen LogP contribution in [0.4, 0.5) is 5.69 Å². The Morgan fingerprint density at radius 2 is 1.87 bits per heavy atom. The molecule has 6 nitrogen and oxygen atoms in total. The van der Waals surface area contributed by atoms with Crippen LogP contribution in [-0.2, 0) is 14.3 Å². The van der Waals surface area contributed by atoms with Crippen molar-refractivity contribution in [1.82, 2.24) is 5.32 Å². The molecule has 6 heteroatoms. The topological polar surface area (TPSA) is 84.5 Å². The van der Waals surface area contributed by atoms with E-state index >= 15 is 0 Å². The highest BCUT2D eigenvalue weighted by molar-refractivity contribution is 6.04. The van der Waals surface area contributed by atoms with Gasteiger partial charge in [0.25, 0.3) is 0 Å². The lowest BCUT2D eigenvalue weighted by Crippen LogP contribution is -2.28. The summed E-state index contributed by atoms with van der Waals surface area (Å²) in [5, 5.41) is 5.56. The van der Waals surface area contributed by atoms with Gasteiger partial charge in [0.2, 0.25) is 11.8 Å². The van der Waals surface area contributed by atoms with Crippen LogP contribution in [0.15, 0.2) is 24.3 Å². The van der Waals surface area contributed by atoms with E-state index in [1.165, 1.54) is 7.11 Å². The van der Waals surface area contributed by atoms with Gasteiger partial charge in [-0.05, 0) is 25.0 Å². The predicted molar refractivity (Wildman–Crippen MR) is 85.9 cm³/mol. The second kappa shape index (κ2) is 7.76. The van der Waals surface area contributed by atoms with E-state index in [0.29, 0.717) is 24.2 Å². The molecule has 0 heterocycles. The van der Waals surface area contributed by atoms with Crippen LogP contribution in [0.3, 0.4) is 0 Å². The first-order valence-electron chi connectivity index (χ1n) is 7.84. The van der Waals surface area contributed by atoms with E-state index in [9.17, 15) is 14.4 Å². The van der Waals surface area contributed by atoms with Crippen LogP contribution >= 0.6 is 0 Å². The van der Waals surface area contributed by atoms with Gasteiger partial charge >= 0.3 is 5.97 Å². The minimum atomic E-state index is -0.509. The summed E-state index contributed by atoms with van der Waals surface area (Å²) in [5.74, 6) is -1.41. The summed E-state index contributed by atoms with van der Waals surface area (Å²) in [5.41, 5.74) is 0.703. The molecule has 0 radical (unpaired) electrons. The minimum absolute atomic E-state index is 0.0696. The van der Waals surface area contributed by atoms with Crippen LogP contribution in [0.5, 0.6) is 0 Å². The summed E-state index contributed by atoms with van der Waals surface area (Å²) < 4.78 is 4.69. The Bertz CT molecular complexity index is 600. The van der Waals surface area contributed by atoms with Crippen molar-refractivity contribution in [2.24, 2.45) is 11.8 Å². The van der Waals surface area contributed by atoms with Crippen LogP contribution in [-0.4, -0.2) is 31.4 Å². The highest BCUT2D eigenvalue weighted by atomic mass is 16.5. The zero-order chi connectivity index (χ0) is 16.8. The monoisotopic (exact) mass is 318 g/mol. The van der Waals surface area contributed by atoms with E-state index < -0.39 is 5.97 Å². The third kappa shape index (κ3) is 4.31. The van der Waals surface area contributed by atoms with Crippen LogP contribution in [0.2, 0.25) is 0 Å². The van der Waals surface area contributed by atoms with E-state index in [1.807, 2.05) is 0 Å². The molecule has 0 aliphatic heterocycles. The standard InChI is InChI=1S/C17H22N2O4/c1-3-4-9-18-15(20)12-10-13(12)16(21)19-14-8-6-5-7-11(14)17(22)23-2/h5-8,12-13H,3-4,9-10H2,1-2H3,(H,18,20)(H,19,21). The van der Waals surface area contributed by atoms with Crippen molar-refractivity contribution in [2.75, 3.05) is 19.0 Å². The molecule has 2 atom stereocenters. The van der Waals surface area contributed by atoms with Gasteiger partial charge in [0.1, 0.15) is 0 Å². The quantitative estimate of drug-likeness (QED) is 0.594. The molecule has 2 amide bonds.